The van der Waals surface area contributed by atoms with Crippen LogP contribution in [-0.4, -0.2) is 15.4 Å². The van der Waals surface area contributed by atoms with Crippen molar-refractivity contribution in [2.45, 2.75) is 0 Å². The van der Waals surface area contributed by atoms with Crippen LogP contribution >= 0.6 is 0 Å². The molecule has 0 fully saturated rings. The molecule has 1 amide bonds. The zero-order valence-corrected chi connectivity index (χ0v) is 10.5. The van der Waals surface area contributed by atoms with Crippen LogP contribution in [0.1, 0.15) is 10.5 Å². The maximum atomic E-state index is 13.1. The molecule has 8 heteroatoms. The molecule has 1 heterocycles. The fourth-order valence-corrected chi connectivity index (χ4v) is 1.73. The lowest BCUT2D eigenvalue weighted by Crippen LogP contribution is -2.17. The number of nitrogens with two attached hydrogens (primary N) is 1. The van der Waals surface area contributed by atoms with Crippen LogP contribution in [0, 0.1) is 15.9 Å². The molecule has 0 radical (unpaired) electrons. The van der Waals surface area contributed by atoms with Gasteiger partial charge < -0.3 is 21.2 Å². The smallest absolute Gasteiger partial charge is 0.323 e. The molecular formula is C12H11FN4O3. The number of anilines is 2. The Morgan fingerprint density at radius 3 is 2.70 bits per heavy atom. The van der Waals surface area contributed by atoms with Crippen molar-refractivity contribution < 1.29 is 14.1 Å². The molecule has 3 N–H and O–H groups in total. The van der Waals surface area contributed by atoms with E-state index in [0.29, 0.717) is 0 Å². The minimum Gasteiger partial charge on any atom is -0.397 e. The third-order valence-electron chi connectivity index (χ3n) is 2.78. The fraction of sp³-hybridized carbons (Fsp3) is 0.0833. The summed E-state index contributed by atoms with van der Waals surface area (Å²) >= 11 is 0. The summed E-state index contributed by atoms with van der Waals surface area (Å²) in [4.78, 5) is 22.1. The molecule has 0 spiro atoms. The third-order valence-corrected chi connectivity index (χ3v) is 2.78. The number of rotatable bonds is 3. The van der Waals surface area contributed by atoms with E-state index in [1.165, 1.54) is 31.3 Å². The van der Waals surface area contributed by atoms with Crippen LogP contribution in [0.15, 0.2) is 30.3 Å². The number of carbonyl (C=O) groups is 1. The van der Waals surface area contributed by atoms with E-state index < -0.39 is 16.6 Å². The Morgan fingerprint density at radius 2 is 2.10 bits per heavy atom. The molecule has 1 aromatic carbocycles. The van der Waals surface area contributed by atoms with Gasteiger partial charge in [0.05, 0.1) is 18.4 Å². The average molecular weight is 278 g/mol. The molecule has 0 atom stereocenters. The molecule has 1 aromatic heterocycles. The summed E-state index contributed by atoms with van der Waals surface area (Å²) in [6, 6.07) is 6.08. The van der Waals surface area contributed by atoms with Crippen molar-refractivity contribution in [3.63, 3.8) is 0 Å². The number of carbonyl (C=O) groups excluding carboxylic acids is 1. The number of hydrogen-bond acceptors (Lipinski definition) is 4. The van der Waals surface area contributed by atoms with Crippen LogP contribution in [0.4, 0.5) is 21.6 Å². The van der Waals surface area contributed by atoms with Crippen molar-refractivity contribution in [2.75, 3.05) is 11.1 Å². The number of aromatic nitrogens is 1. The first kappa shape index (κ1) is 13.5. The Balaban J connectivity index is 2.29. The summed E-state index contributed by atoms with van der Waals surface area (Å²) in [6.07, 6.45) is 0. The van der Waals surface area contributed by atoms with Crippen LogP contribution in [0.5, 0.6) is 0 Å². The second-order valence-corrected chi connectivity index (χ2v) is 4.08. The molecule has 0 aliphatic rings. The number of nitrogen functional groups attached to an aromatic ring is 1. The van der Waals surface area contributed by atoms with Crippen LogP contribution in [0.25, 0.3) is 0 Å². The summed E-state index contributed by atoms with van der Waals surface area (Å²) in [6.45, 7) is 0. The van der Waals surface area contributed by atoms with Crippen molar-refractivity contribution >= 4 is 23.1 Å². The standard InChI is InChI=1S/C12H11FN4O3/c1-16-10(4-5-11(16)17(19)20)12(18)15-9-6-7(13)2-3-8(9)14/h2-6H,14H2,1H3,(H,15,18). The SMILES string of the molecule is Cn1c(C(=O)Nc2cc(F)ccc2N)ccc1[N+](=O)[O-]. The molecule has 7 nitrogen and oxygen atoms in total. The van der Waals surface area contributed by atoms with Crippen molar-refractivity contribution in [3.8, 4) is 0 Å². The molecule has 0 unspecified atom stereocenters. The van der Waals surface area contributed by atoms with E-state index in [1.54, 1.807) is 0 Å². The zero-order chi connectivity index (χ0) is 14.9. The van der Waals surface area contributed by atoms with E-state index in [4.69, 9.17) is 5.73 Å². The highest BCUT2D eigenvalue weighted by atomic mass is 19.1. The molecule has 20 heavy (non-hydrogen) atoms. The van der Waals surface area contributed by atoms with Crippen LogP contribution in [0.2, 0.25) is 0 Å². The van der Waals surface area contributed by atoms with Gasteiger partial charge in [0.15, 0.2) is 5.69 Å². The maximum Gasteiger partial charge on any atom is 0.323 e. The fourth-order valence-electron chi connectivity index (χ4n) is 1.73. The molecule has 2 rings (SSSR count). The number of nitrogens with one attached hydrogen (secondary N) is 1. The van der Waals surface area contributed by atoms with Gasteiger partial charge in [0.25, 0.3) is 5.91 Å². The first-order valence-corrected chi connectivity index (χ1v) is 5.56. The molecule has 0 bridgehead atoms. The van der Waals surface area contributed by atoms with Crippen molar-refractivity contribution in [3.05, 3.63) is 52.0 Å². The van der Waals surface area contributed by atoms with E-state index in [2.05, 4.69) is 5.32 Å². The summed E-state index contributed by atoms with van der Waals surface area (Å²) in [5, 5.41) is 13.1. The van der Waals surface area contributed by atoms with Gasteiger partial charge in [-0.2, -0.15) is 0 Å². The topological polar surface area (TPSA) is 103 Å². The summed E-state index contributed by atoms with van der Waals surface area (Å²) in [5.74, 6) is -1.38. The molecular weight excluding hydrogens is 267 g/mol. The highest BCUT2D eigenvalue weighted by Gasteiger charge is 2.21. The van der Waals surface area contributed by atoms with E-state index in [9.17, 15) is 19.3 Å². The van der Waals surface area contributed by atoms with Crippen LogP contribution < -0.4 is 11.1 Å². The largest absolute Gasteiger partial charge is 0.397 e. The zero-order valence-electron chi connectivity index (χ0n) is 10.5. The lowest BCUT2D eigenvalue weighted by atomic mass is 10.2. The Kier molecular flexibility index (Phi) is 3.38. The summed E-state index contributed by atoms with van der Waals surface area (Å²) in [7, 11) is 1.39. The number of halogens is 1. The van der Waals surface area contributed by atoms with Gasteiger partial charge in [0.2, 0.25) is 0 Å². The number of nitro groups is 1. The van der Waals surface area contributed by atoms with Crippen LogP contribution in [0.3, 0.4) is 0 Å². The number of hydrogen-bond donors (Lipinski definition) is 2. The normalized spacial score (nSPS) is 10.3. The average Bonchev–Trinajstić information content (AvgIpc) is 2.76. The highest BCUT2D eigenvalue weighted by molar-refractivity contribution is 6.05. The quantitative estimate of drug-likeness (QED) is 0.508. The lowest BCUT2D eigenvalue weighted by Gasteiger charge is -2.07. The van der Waals surface area contributed by atoms with Gasteiger partial charge in [-0.05, 0) is 29.2 Å². The molecule has 104 valence electrons. The second kappa shape index (κ2) is 5.00. The monoisotopic (exact) mass is 278 g/mol. The first-order valence-electron chi connectivity index (χ1n) is 5.56. The Morgan fingerprint density at radius 1 is 1.40 bits per heavy atom. The van der Waals surface area contributed by atoms with Gasteiger partial charge in [-0.3, -0.25) is 4.79 Å². The minimum atomic E-state index is -0.613. The summed E-state index contributed by atoms with van der Waals surface area (Å²) in [5.41, 5.74) is 5.99. The molecule has 0 aliphatic heterocycles. The van der Waals surface area contributed by atoms with E-state index in [0.717, 1.165) is 10.6 Å². The molecule has 0 aliphatic carbocycles. The molecule has 2 aromatic rings. The first-order chi connectivity index (χ1) is 9.40. The van der Waals surface area contributed by atoms with Crippen molar-refractivity contribution in [1.29, 1.82) is 0 Å². The van der Waals surface area contributed by atoms with E-state index in [-0.39, 0.29) is 22.9 Å². The van der Waals surface area contributed by atoms with Gasteiger partial charge in [-0.25, -0.2) is 8.96 Å². The molecule has 0 saturated carbocycles. The summed E-state index contributed by atoms with van der Waals surface area (Å²) < 4.78 is 14.2. The Bertz CT molecular complexity index is 696. The predicted octanol–water partition coefficient (Wildman–Crippen LogP) is 1.91. The number of nitrogens with zero attached hydrogens (tertiary/aromatic N) is 2. The second-order valence-electron chi connectivity index (χ2n) is 4.08. The lowest BCUT2D eigenvalue weighted by molar-refractivity contribution is -0.391. The van der Waals surface area contributed by atoms with Gasteiger partial charge in [0.1, 0.15) is 5.82 Å². The van der Waals surface area contributed by atoms with Gasteiger partial charge in [-0.15, -0.1) is 0 Å². The molecule has 0 saturated heterocycles. The minimum absolute atomic E-state index is 0.0698. The van der Waals surface area contributed by atoms with Gasteiger partial charge in [-0.1, -0.05) is 0 Å². The van der Waals surface area contributed by atoms with Crippen molar-refractivity contribution in [1.82, 2.24) is 4.57 Å². The predicted molar refractivity (Wildman–Crippen MR) is 70.8 cm³/mol. The Labute approximate surface area is 113 Å². The highest BCUT2D eigenvalue weighted by Crippen LogP contribution is 2.21. The maximum absolute atomic E-state index is 13.1. The Hall–Kier alpha value is -2.90. The van der Waals surface area contributed by atoms with Gasteiger partial charge in [0, 0.05) is 6.07 Å². The number of amides is 1. The van der Waals surface area contributed by atoms with Gasteiger partial charge >= 0.3 is 5.82 Å². The van der Waals surface area contributed by atoms with E-state index in [1.807, 2.05) is 0 Å². The number of benzene rings is 1. The van der Waals surface area contributed by atoms with E-state index >= 15 is 0 Å². The third kappa shape index (κ3) is 2.44. The van der Waals surface area contributed by atoms with Crippen LogP contribution in [-0.2, 0) is 7.05 Å². The van der Waals surface area contributed by atoms with Crippen molar-refractivity contribution in [2.24, 2.45) is 7.05 Å².